The lowest BCUT2D eigenvalue weighted by molar-refractivity contribution is -0.0346. The maximum atomic E-state index is 5.81. The first-order chi connectivity index (χ1) is 8.13. The SMILES string of the molecule is CC(C)/C(=C\CN)C12CC3CC(CC(C3)C1)C2. The van der Waals surface area contributed by atoms with Gasteiger partial charge in [-0.25, -0.2) is 0 Å². The Labute approximate surface area is 106 Å². The lowest BCUT2D eigenvalue weighted by Crippen LogP contribution is -2.47. The Morgan fingerprint density at radius 1 is 1.12 bits per heavy atom. The largest absolute Gasteiger partial charge is 0.327 e. The van der Waals surface area contributed by atoms with Crippen LogP contribution in [-0.2, 0) is 0 Å². The zero-order valence-corrected chi connectivity index (χ0v) is 11.4. The van der Waals surface area contributed by atoms with Gasteiger partial charge in [0.15, 0.2) is 0 Å². The second kappa shape index (κ2) is 4.12. The molecule has 96 valence electrons. The second-order valence-electron chi connectivity index (χ2n) is 7.25. The summed E-state index contributed by atoms with van der Waals surface area (Å²) in [4.78, 5) is 0. The summed E-state index contributed by atoms with van der Waals surface area (Å²) in [7, 11) is 0. The number of hydrogen-bond acceptors (Lipinski definition) is 1. The fourth-order valence-corrected chi connectivity index (χ4v) is 5.66. The molecule has 17 heavy (non-hydrogen) atoms. The molecule has 0 aromatic rings. The normalized spacial score (nSPS) is 44.7. The molecule has 0 atom stereocenters. The van der Waals surface area contributed by atoms with Crippen LogP contribution in [0, 0.1) is 29.1 Å². The summed E-state index contributed by atoms with van der Waals surface area (Å²) in [6, 6.07) is 0. The van der Waals surface area contributed by atoms with Gasteiger partial charge in [-0.15, -0.1) is 0 Å². The van der Waals surface area contributed by atoms with Crippen molar-refractivity contribution < 1.29 is 0 Å². The molecule has 0 heterocycles. The highest BCUT2D eigenvalue weighted by Gasteiger charge is 2.52. The van der Waals surface area contributed by atoms with Gasteiger partial charge >= 0.3 is 0 Å². The minimum atomic E-state index is 0.572. The molecule has 4 aliphatic carbocycles. The van der Waals surface area contributed by atoms with Crippen LogP contribution in [0.4, 0.5) is 0 Å². The highest BCUT2D eigenvalue weighted by atomic mass is 14.6. The maximum absolute atomic E-state index is 5.81. The third-order valence-electron chi connectivity index (χ3n) is 5.61. The predicted octanol–water partition coefficient (Wildman–Crippen LogP) is 3.74. The van der Waals surface area contributed by atoms with Gasteiger partial charge in [0.1, 0.15) is 0 Å². The van der Waals surface area contributed by atoms with Gasteiger partial charge < -0.3 is 5.73 Å². The van der Waals surface area contributed by atoms with Crippen molar-refractivity contribution in [3.8, 4) is 0 Å². The Kier molecular flexibility index (Phi) is 2.85. The molecule has 4 saturated carbocycles. The minimum Gasteiger partial charge on any atom is -0.327 e. The summed E-state index contributed by atoms with van der Waals surface area (Å²) in [5, 5.41) is 0. The second-order valence-corrected chi connectivity index (χ2v) is 7.25. The van der Waals surface area contributed by atoms with E-state index in [0.29, 0.717) is 11.3 Å². The van der Waals surface area contributed by atoms with Gasteiger partial charge in [0.05, 0.1) is 0 Å². The Hall–Kier alpha value is -0.300. The van der Waals surface area contributed by atoms with Gasteiger partial charge in [-0.1, -0.05) is 25.5 Å². The molecule has 1 heteroatoms. The Morgan fingerprint density at radius 2 is 1.59 bits per heavy atom. The summed E-state index contributed by atoms with van der Waals surface area (Å²) in [6.45, 7) is 5.45. The Balaban J connectivity index is 1.92. The number of nitrogens with two attached hydrogens (primary N) is 1. The van der Waals surface area contributed by atoms with Crippen LogP contribution in [0.3, 0.4) is 0 Å². The van der Waals surface area contributed by atoms with Crippen LogP contribution in [0.5, 0.6) is 0 Å². The Bertz CT molecular complexity index is 291. The predicted molar refractivity (Wildman–Crippen MR) is 72.6 cm³/mol. The lowest BCUT2D eigenvalue weighted by Gasteiger charge is -2.58. The standard InChI is InChI=1S/C16H27N/c1-11(2)15(3-4-17)16-8-12-5-13(9-16)7-14(6-12)10-16/h3,11-14H,4-10,17H2,1-2H3/b15-3+. The van der Waals surface area contributed by atoms with Gasteiger partial charge in [0, 0.05) is 6.54 Å². The third kappa shape index (κ3) is 1.87. The number of hydrogen-bond donors (Lipinski definition) is 1. The summed E-state index contributed by atoms with van der Waals surface area (Å²) in [6.07, 6.45) is 11.4. The maximum Gasteiger partial charge on any atom is 0.0109 e. The van der Waals surface area contributed by atoms with Crippen LogP contribution in [0.25, 0.3) is 0 Å². The molecule has 0 radical (unpaired) electrons. The molecule has 4 aliphatic rings. The van der Waals surface area contributed by atoms with E-state index in [9.17, 15) is 0 Å². The highest BCUT2D eigenvalue weighted by molar-refractivity contribution is 5.22. The van der Waals surface area contributed by atoms with Gasteiger partial charge in [-0.05, 0) is 67.6 Å². The monoisotopic (exact) mass is 233 g/mol. The van der Waals surface area contributed by atoms with E-state index >= 15 is 0 Å². The third-order valence-corrected chi connectivity index (χ3v) is 5.61. The molecule has 0 aromatic heterocycles. The first kappa shape index (κ1) is 11.8. The van der Waals surface area contributed by atoms with Crippen LogP contribution < -0.4 is 5.73 Å². The molecular formula is C16H27N. The van der Waals surface area contributed by atoms with Crippen molar-refractivity contribution in [3.63, 3.8) is 0 Å². The van der Waals surface area contributed by atoms with Gasteiger partial charge in [0.25, 0.3) is 0 Å². The molecular weight excluding hydrogens is 206 g/mol. The zero-order valence-electron chi connectivity index (χ0n) is 11.4. The molecule has 4 fully saturated rings. The van der Waals surface area contributed by atoms with Crippen LogP contribution in [0.1, 0.15) is 52.4 Å². The van der Waals surface area contributed by atoms with Gasteiger partial charge in [-0.3, -0.25) is 0 Å². The van der Waals surface area contributed by atoms with Crippen LogP contribution in [0.2, 0.25) is 0 Å². The van der Waals surface area contributed by atoms with Crippen LogP contribution in [-0.4, -0.2) is 6.54 Å². The number of rotatable bonds is 3. The number of allylic oxidation sites excluding steroid dienone is 1. The van der Waals surface area contributed by atoms with Crippen molar-refractivity contribution in [2.75, 3.05) is 6.54 Å². The summed E-state index contributed by atoms with van der Waals surface area (Å²) >= 11 is 0. The van der Waals surface area contributed by atoms with Crippen molar-refractivity contribution in [3.05, 3.63) is 11.6 Å². The van der Waals surface area contributed by atoms with E-state index in [1.54, 1.807) is 5.57 Å². The molecule has 0 saturated heterocycles. The molecule has 2 N–H and O–H groups in total. The van der Waals surface area contributed by atoms with Crippen molar-refractivity contribution in [2.45, 2.75) is 52.4 Å². The molecule has 0 aliphatic heterocycles. The fraction of sp³-hybridized carbons (Fsp3) is 0.875. The van der Waals surface area contributed by atoms with E-state index in [0.717, 1.165) is 24.3 Å². The van der Waals surface area contributed by atoms with Crippen molar-refractivity contribution in [1.29, 1.82) is 0 Å². The fourth-order valence-electron chi connectivity index (χ4n) is 5.66. The van der Waals surface area contributed by atoms with Crippen molar-refractivity contribution >= 4 is 0 Å². The van der Waals surface area contributed by atoms with Gasteiger partial charge in [0.2, 0.25) is 0 Å². The lowest BCUT2D eigenvalue weighted by atomic mass is 9.47. The average Bonchev–Trinajstić information content (AvgIpc) is 2.23. The van der Waals surface area contributed by atoms with Crippen LogP contribution >= 0.6 is 0 Å². The zero-order chi connectivity index (χ0) is 12.0. The molecule has 0 aromatic carbocycles. The van der Waals surface area contributed by atoms with E-state index in [-0.39, 0.29) is 0 Å². The van der Waals surface area contributed by atoms with E-state index in [1.165, 1.54) is 38.5 Å². The van der Waals surface area contributed by atoms with Crippen molar-refractivity contribution in [1.82, 2.24) is 0 Å². The molecule has 4 bridgehead atoms. The average molecular weight is 233 g/mol. The topological polar surface area (TPSA) is 26.0 Å². The summed E-state index contributed by atoms with van der Waals surface area (Å²) in [5.74, 6) is 3.82. The molecule has 0 spiro atoms. The minimum absolute atomic E-state index is 0.572. The molecule has 0 amide bonds. The Morgan fingerprint density at radius 3 is 1.94 bits per heavy atom. The summed E-state index contributed by atoms with van der Waals surface area (Å²) < 4.78 is 0. The molecule has 1 nitrogen and oxygen atoms in total. The van der Waals surface area contributed by atoms with Crippen molar-refractivity contribution in [2.24, 2.45) is 34.8 Å². The van der Waals surface area contributed by atoms with Gasteiger partial charge in [-0.2, -0.15) is 0 Å². The van der Waals surface area contributed by atoms with Crippen LogP contribution in [0.15, 0.2) is 11.6 Å². The van der Waals surface area contributed by atoms with E-state index in [1.807, 2.05) is 0 Å². The van der Waals surface area contributed by atoms with E-state index in [2.05, 4.69) is 19.9 Å². The molecule has 4 rings (SSSR count). The first-order valence-electron chi connectivity index (χ1n) is 7.53. The van der Waals surface area contributed by atoms with E-state index < -0.39 is 0 Å². The smallest absolute Gasteiger partial charge is 0.0109 e. The molecule has 0 unspecified atom stereocenters. The highest BCUT2D eigenvalue weighted by Crippen LogP contribution is 2.63. The first-order valence-corrected chi connectivity index (χ1v) is 7.53. The summed E-state index contributed by atoms with van der Waals surface area (Å²) in [5.41, 5.74) is 8.09. The van der Waals surface area contributed by atoms with E-state index in [4.69, 9.17) is 5.73 Å². The quantitative estimate of drug-likeness (QED) is 0.738.